The van der Waals surface area contributed by atoms with Crippen LogP contribution >= 0.6 is 0 Å². The van der Waals surface area contributed by atoms with Crippen LogP contribution in [-0.4, -0.2) is 0 Å². The summed E-state index contributed by atoms with van der Waals surface area (Å²) < 4.78 is 39.0. The normalized spacial score (nSPS) is 15.8. The van der Waals surface area contributed by atoms with Gasteiger partial charge in [-0.05, 0) is 22.1 Å². The monoisotopic (exact) mass is 215 g/mol. The van der Waals surface area contributed by atoms with Crippen LogP contribution in [0.3, 0.4) is 0 Å². The Morgan fingerprint density at radius 3 is 1.88 bits per heavy atom. The van der Waals surface area contributed by atoms with Gasteiger partial charge in [-0.15, -0.1) is 0 Å². The Morgan fingerprint density at radius 2 is 1.38 bits per heavy atom. The van der Waals surface area contributed by atoms with Crippen molar-refractivity contribution in [1.82, 2.24) is 0 Å². The average Bonchev–Trinajstić information content (AvgIpc) is 2.43. The molecule has 0 saturated carbocycles. The largest absolute Gasteiger partial charge is 0.0629 e. The highest BCUT2D eigenvalue weighted by atomic mass is 14.2. The van der Waals surface area contributed by atoms with Gasteiger partial charge in [-0.2, -0.15) is 0 Å². The molecule has 0 aliphatic carbocycles. The lowest BCUT2D eigenvalue weighted by molar-refractivity contribution is 0.590. The molecule has 0 heterocycles. The maximum Gasteiger partial charge on any atom is 0.0629 e. The lowest BCUT2D eigenvalue weighted by Crippen LogP contribution is -2.10. The summed E-state index contributed by atoms with van der Waals surface area (Å²) in [7, 11) is 0. The Bertz CT molecular complexity index is 652. The van der Waals surface area contributed by atoms with Crippen LogP contribution in [0.1, 0.15) is 33.2 Å². The van der Waals surface area contributed by atoms with Crippen molar-refractivity contribution >= 4 is 0 Å². The molecule has 2 rings (SSSR count). The Labute approximate surface area is 105 Å². The third-order valence-corrected chi connectivity index (χ3v) is 2.54. The van der Waals surface area contributed by atoms with Gasteiger partial charge in [0.15, 0.2) is 0 Å². The maximum absolute atomic E-state index is 7.98. The molecule has 0 atom stereocenters. The molecule has 16 heavy (non-hydrogen) atoms. The van der Waals surface area contributed by atoms with E-state index < -0.39 is 0 Å². The second kappa shape index (κ2) is 4.13. The molecule has 0 unspecified atom stereocenters. The van der Waals surface area contributed by atoms with Crippen LogP contribution in [0.4, 0.5) is 0 Å². The molecule has 0 nitrogen and oxygen atoms in total. The van der Waals surface area contributed by atoms with Gasteiger partial charge < -0.3 is 0 Å². The van der Waals surface area contributed by atoms with Gasteiger partial charge >= 0.3 is 0 Å². The zero-order valence-electron chi connectivity index (χ0n) is 14.8. The fourth-order valence-electron chi connectivity index (χ4n) is 1.53. The summed E-state index contributed by atoms with van der Waals surface area (Å²) in [5.41, 5.74) is 2.04. The zero-order valence-corrected chi connectivity index (χ0v) is 9.81. The fourth-order valence-corrected chi connectivity index (χ4v) is 1.53. The van der Waals surface area contributed by atoms with Gasteiger partial charge in [0, 0.05) is 0 Å². The van der Waals surface area contributed by atoms with E-state index >= 15 is 0 Å². The minimum atomic E-state index is -0.361. The van der Waals surface area contributed by atoms with E-state index in [9.17, 15) is 0 Å². The van der Waals surface area contributed by atoms with Crippen LogP contribution in [0.15, 0.2) is 54.5 Å². The van der Waals surface area contributed by atoms with E-state index in [2.05, 4.69) is 20.8 Å². The molecule has 0 N–H and O–H groups in total. The molecular formula is C16H18. The average molecular weight is 215 g/mol. The predicted octanol–water partition coefficient (Wildman–Crippen LogP) is 4.65. The number of rotatable bonds is 1. The van der Waals surface area contributed by atoms with Crippen molar-refractivity contribution in [2.75, 3.05) is 0 Å². The smallest absolute Gasteiger partial charge is 0.0622 e. The van der Waals surface area contributed by atoms with Crippen molar-refractivity contribution in [3.8, 4) is 11.1 Å². The van der Waals surface area contributed by atoms with Gasteiger partial charge in [0.1, 0.15) is 0 Å². The Hall–Kier alpha value is -1.56. The van der Waals surface area contributed by atoms with Crippen LogP contribution in [0.5, 0.6) is 0 Å². The summed E-state index contributed by atoms with van der Waals surface area (Å²) in [4.78, 5) is 0. The first-order chi connectivity index (χ1) is 9.64. The minimum Gasteiger partial charge on any atom is -0.0622 e. The van der Waals surface area contributed by atoms with Crippen LogP contribution in [0.2, 0.25) is 0 Å². The van der Waals surface area contributed by atoms with E-state index in [0.717, 1.165) is 5.56 Å². The molecule has 2 aromatic rings. The predicted molar refractivity (Wildman–Crippen MR) is 70.6 cm³/mol. The first-order valence-electron chi connectivity index (χ1n) is 7.82. The van der Waals surface area contributed by atoms with Gasteiger partial charge in [-0.3, -0.25) is 0 Å². The topological polar surface area (TPSA) is 0 Å². The van der Waals surface area contributed by atoms with Gasteiger partial charge in [-0.25, -0.2) is 0 Å². The molecule has 0 aromatic heterocycles. The van der Waals surface area contributed by atoms with E-state index in [-0.39, 0.29) is 41.2 Å². The molecule has 0 saturated heterocycles. The number of benzene rings is 2. The zero-order chi connectivity index (χ0) is 15.9. The van der Waals surface area contributed by atoms with Crippen molar-refractivity contribution in [1.29, 1.82) is 0 Å². The third kappa shape index (κ3) is 2.33. The van der Waals surface area contributed by atoms with Gasteiger partial charge in [-0.1, -0.05) is 75.2 Å². The first-order valence-corrected chi connectivity index (χ1v) is 5.32. The maximum atomic E-state index is 7.98. The lowest BCUT2D eigenvalue weighted by atomic mass is 9.86. The fraction of sp³-hybridized carbons (Fsp3) is 0.250. The molecule has 0 aliphatic heterocycles. The summed E-state index contributed by atoms with van der Waals surface area (Å²) in [5, 5.41) is 0. The second-order valence-electron chi connectivity index (χ2n) is 4.83. The Morgan fingerprint density at radius 1 is 0.812 bits per heavy atom. The van der Waals surface area contributed by atoms with Crippen LogP contribution in [0.25, 0.3) is 11.1 Å². The van der Waals surface area contributed by atoms with Crippen molar-refractivity contribution in [2.45, 2.75) is 26.2 Å². The van der Waals surface area contributed by atoms with E-state index in [0.29, 0.717) is 5.56 Å². The molecule has 0 fully saturated rings. The quantitative estimate of drug-likeness (QED) is 0.649. The summed E-state index contributed by atoms with van der Waals surface area (Å²) in [5.74, 6) is 0. The molecule has 0 amide bonds. The molecule has 0 radical (unpaired) electrons. The minimum absolute atomic E-state index is 0.0122. The van der Waals surface area contributed by atoms with Crippen molar-refractivity contribution in [3.63, 3.8) is 0 Å². The van der Waals surface area contributed by atoms with Crippen LogP contribution < -0.4 is 0 Å². The molecule has 82 valence electrons. The molecule has 0 bridgehead atoms. The van der Waals surface area contributed by atoms with E-state index in [1.54, 1.807) is 0 Å². The van der Waals surface area contributed by atoms with Crippen molar-refractivity contribution in [3.05, 3.63) is 60.0 Å². The van der Waals surface area contributed by atoms with Gasteiger partial charge in [0.25, 0.3) is 0 Å². The highest BCUT2D eigenvalue weighted by Crippen LogP contribution is 2.25. The van der Waals surface area contributed by atoms with Crippen molar-refractivity contribution < 1.29 is 6.85 Å². The summed E-state index contributed by atoms with van der Waals surface area (Å²) in [6.45, 7) is 6.31. The summed E-state index contributed by atoms with van der Waals surface area (Å²) >= 11 is 0. The molecular weight excluding hydrogens is 192 g/mol. The van der Waals surface area contributed by atoms with Crippen molar-refractivity contribution in [2.24, 2.45) is 0 Å². The van der Waals surface area contributed by atoms with Crippen LogP contribution in [-0.2, 0) is 5.41 Å². The summed E-state index contributed by atoms with van der Waals surface area (Å²) in [6.07, 6.45) is 0. The highest BCUT2D eigenvalue weighted by Gasteiger charge is 2.12. The Kier molecular flexibility index (Phi) is 1.61. The molecule has 2 aromatic carbocycles. The molecule has 0 aliphatic rings. The van der Waals surface area contributed by atoms with E-state index in [1.165, 1.54) is 0 Å². The lowest BCUT2D eigenvalue weighted by Gasteiger charge is -2.19. The standard InChI is InChI=1S/C16H18/c1-16(2,3)15-11-9-14(10-12-15)13-7-5-4-6-8-13/h4-12H,1-3H3/i4D,5D,6D,7D,8D. The third-order valence-electron chi connectivity index (χ3n) is 2.54. The van der Waals surface area contributed by atoms with Gasteiger partial charge in [0.05, 0.1) is 6.85 Å². The summed E-state index contributed by atoms with van der Waals surface area (Å²) in [6, 6.07) is 6.22. The number of hydrogen-bond donors (Lipinski definition) is 0. The van der Waals surface area contributed by atoms with Crippen LogP contribution in [0, 0.1) is 0 Å². The Balaban J connectivity index is 2.63. The first kappa shape index (κ1) is 6.24. The molecule has 0 heteroatoms. The number of hydrogen-bond acceptors (Lipinski definition) is 0. The van der Waals surface area contributed by atoms with E-state index in [1.807, 2.05) is 24.3 Å². The SMILES string of the molecule is [2H]c1c([2H])c([2H])c(-c2ccc(C(C)(C)C)cc2)c([2H])c1[2H]. The second-order valence-corrected chi connectivity index (χ2v) is 4.83. The highest BCUT2D eigenvalue weighted by molar-refractivity contribution is 5.63. The van der Waals surface area contributed by atoms with Gasteiger partial charge in [0.2, 0.25) is 0 Å². The van der Waals surface area contributed by atoms with E-state index in [4.69, 9.17) is 6.85 Å². The molecule has 0 spiro atoms.